The molecule has 2 saturated carbocycles. The second-order valence-corrected chi connectivity index (χ2v) is 14.8. The van der Waals surface area contributed by atoms with Crippen molar-refractivity contribution in [2.24, 2.45) is 24.6 Å². The molecule has 8 rings (SSSR count). The van der Waals surface area contributed by atoms with E-state index >= 15 is 0 Å². The van der Waals surface area contributed by atoms with E-state index in [1.807, 2.05) is 52.9 Å². The number of fused-ring (bicyclic) bond motifs is 4. The molecule has 11 nitrogen and oxygen atoms in total. The van der Waals surface area contributed by atoms with E-state index in [0.717, 1.165) is 66.6 Å². The number of nitrogens with one attached hydrogen (secondary N) is 1. The molecule has 3 atom stereocenters. The van der Waals surface area contributed by atoms with Crippen LogP contribution in [-0.2, 0) is 23.6 Å². The highest BCUT2D eigenvalue weighted by Crippen LogP contribution is 2.40. The largest absolute Gasteiger partial charge is 0.494 e. The van der Waals surface area contributed by atoms with Crippen molar-refractivity contribution < 1.29 is 17.9 Å². The number of amides is 1. The Kier molecular flexibility index (Phi) is 6.66. The zero-order chi connectivity index (χ0) is 31.9. The summed E-state index contributed by atoms with van der Waals surface area (Å²) >= 11 is 0. The van der Waals surface area contributed by atoms with Crippen molar-refractivity contribution in [3.63, 3.8) is 0 Å². The number of pyridine rings is 1. The number of imidazole rings is 1. The number of benzene rings is 2. The van der Waals surface area contributed by atoms with Gasteiger partial charge in [0.1, 0.15) is 16.9 Å². The molecule has 5 aromatic rings. The summed E-state index contributed by atoms with van der Waals surface area (Å²) in [5.74, 6) is 2.23. The maximum absolute atomic E-state index is 13.7. The highest BCUT2D eigenvalue weighted by molar-refractivity contribution is 7.92. The predicted octanol–water partition coefficient (Wildman–Crippen LogP) is 4.61. The van der Waals surface area contributed by atoms with E-state index in [1.165, 1.54) is 0 Å². The van der Waals surface area contributed by atoms with Gasteiger partial charge >= 0.3 is 0 Å². The van der Waals surface area contributed by atoms with Gasteiger partial charge in [-0.05, 0) is 73.9 Å². The van der Waals surface area contributed by atoms with Gasteiger partial charge in [0.15, 0.2) is 5.82 Å². The van der Waals surface area contributed by atoms with E-state index in [2.05, 4.69) is 15.4 Å². The number of nitrogens with two attached hydrogens (primary N) is 1. The topological polar surface area (TPSA) is 137 Å². The van der Waals surface area contributed by atoms with E-state index in [-0.39, 0.29) is 18.0 Å². The van der Waals surface area contributed by atoms with Crippen LogP contribution in [-0.4, -0.2) is 70.3 Å². The van der Waals surface area contributed by atoms with E-state index in [0.29, 0.717) is 52.2 Å². The Bertz CT molecular complexity index is 2150. The minimum atomic E-state index is -3.47. The van der Waals surface area contributed by atoms with E-state index in [1.54, 1.807) is 19.2 Å². The van der Waals surface area contributed by atoms with Crippen molar-refractivity contribution >= 4 is 43.7 Å². The third-order valence-corrected chi connectivity index (χ3v) is 10.5. The van der Waals surface area contributed by atoms with Gasteiger partial charge in [0.2, 0.25) is 10.0 Å². The summed E-state index contributed by atoms with van der Waals surface area (Å²) in [5.41, 5.74) is 12.1. The van der Waals surface area contributed by atoms with Crippen LogP contribution in [0.5, 0.6) is 5.75 Å². The van der Waals surface area contributed by atoms with Crippen molar-refractivity contribution in [2.75, 3.05) is 24.6 Å². The summed E-state index contributed by atoms with van der Waals surface area (Å²) in [5, 5.41) is 0.961. The van der Waals surface area contributed by atoms with Crippen molar-refractivity contribution in [1.82, 2.24) is 24.0 Å². The first-order valence-electron chi connectivity index (χ1n) is 15.8. The number of ether oxygens (including phenoxy) is 1. The Morgan fingerprint density at radius 2 is 1.87 bits per heavy atom. The molecule has 1 amide bonds. The average Bonchev–Trinajstić information content (AvgIpc) is 3.44. The number of aromatic nitrogens is 4. The highest BCUT2D eigenvalue weighted by Gasteiger charge is 2.47. The number of aryl methyl sites for hydroxylation is 1. The molecule has 3 aromatic heterocycles. The Morgan fingerprint density at radius 3 is 2.57 bits per heavy atom. The summed E-state index contributed by atoms with van der Waals surface area (Å²) in [6, 6.07) is 17.2. The molecule has 3 fully saturated rings. The lowest BCUT2D eigenvalue weighted by Crippen LogP contribution is -2.41. The van der Waals surface area contributed by atoms with E-state index in [9.17, 15) is 13.2 Å². The Hall–Kier alpha value is -4.42. The first-order chi connectivity index (χ1) is 22.1. The summed E-state index contributed by atoms with van der Waals surface area (Å²) in [4.78, 5) is 25.9. The van der Waals surface area contributed by atoms with Crippen LogP contribution in [0.2, 0.25) is 0 Å². The zero-order valence-electron chi connectivity index (χ0n) is 26.1. The number of piperidine rings is 1. The molecule has 1 saturated heterocycles. The Balaban J connectivity index is 1.24. The number of nitrogens with zero attached hydrogens (tertiary/aromatic N) is 5. The molecule has 12 heteroatoms. The Morgan fingerprint density at radius 1 is 1.07 bits per heavy atom. The van der Waals surface area contributed by atoms with Gasteiger partial charge in [-0.3, -0.25) is 9.52 Å². The molecule has 2 unspecified atom stereocenters. The number of anilines is 1. The number of sulfonamides is 1. The van der Waals surface area contributed by atoms with Crippen molar-refractivity contribution in [3.8, 4) is 28.5 Å². The summed E-state index contributed by atoms with van der Waals surface area (Å²) in [7, 11) is 0.118. The number of carbonyl (C=O) groups is 1. The lowest BCUT2D eigenvalue weighted by molar-refractivity contribution is 0.0700. The maximum atomic E-state index is 13.7. The normalized spacial score (nSPS) is 21.0. The molecule has 0 spiro atoms. The van der Waals surface area contributed by atoms with Crippen molar-refractivity contribution in [1.29, 1.82) is 0 Å². The lowest BCUT2D eigenvalue weighted by Gasteiger charge is -2.27. The van der Waals surface area contributed by atoms with Crippen LogP contribution in [0.4, 0.5) is 5.69 Å². The second kappa shape index (κ2) is 10.6. The van der Waals surface area contributed by atoms with E-state index < -0.39 is 10.0 Å². The molecule has 2 aromatic carbocycles. The third kappa shape index (κ3) is 4.82. The van der Waals surface area contributed by atoms with Crippen LogP contribution in [0.1, 0.15) is 36.0 Å². The summed E-state index contributed by atoms with van der Waals surface area (Å²) in [6.07, 6.45) is 5.49. The first kappa shape index (κ1) is 29.0. The van der Waals surface area contributed by atoms with E-state index in [4.69, 9.17) is 20.4 Å². The third-order valence-electron chi connectivity index (χ3n) is 9.92. The molecule has 0 radical (unpaired) electrons. The second-order valence-electron chi connectivity index (χ2n) is 13.1. The maximum Gasteiger partial charge on any atom is 0.254 e. The number of carbonyl (C=O) groups excluding carboxylic acids is 1. The van der Waals surface area contributed by atoms with Gasteiger partial charge in [-0.25, -0.2) is 18.4 Å². The molecule has 46 heavy (non-hydrogen) atoms. The number of hydrogen-bond acceptors (Lipinski definition) is 7. The standard InChI is InChI=1S/C34H37N7O4S/c1-39-31-26(14-22(16-29(31)45-2)34(42)41-18-21-11-13-27(41)30(21)35)37-33(39)28-15-20-10-12-24(36-32(20)40(28)17-19-8-9-19)23-6-4-5-7-25(23)38-46(3,43)44/h4-7,10,12,14-16,19,21,27,30,38H,8-9,11,13,17-18,35H2,1-3H3/t21?,27?,30-/m1/s1. The number of likely N-dealkylation sites (tertiary alicyclic amines) is 1. The average molecular weight is 640 g/mol. The summed E-state index contributed by atoms with van der Waals surface area (Å²) in [6.45, 7) is 1.49. The number of para-hydroxylation sites is 1. The quantitative estimate of drug-likeness (QED) is 0.253. The van der Waals surface area contributed by atoms with Crippen molar-refractivity contribution in [3.05, 3.63) is 60.2 Å². The fourth-order valence-electron chi connectivity index (χ4n) is 7.47. The van der Waals surface area contributed by atoms with Gasteiger partial charge in [0.05, 0.1) is 36.0 Å². The molecular weight excluding hydrogens is 602 g/mol. The van der Waals surface area contributed by atoms with Gasteiger partial charge in [-0.1, -0.05) is 18.2 Å². The van der Waals surface area contributed by atoms with Crippen molar-refractivity contribution in [2.45, 2.75) is 44.3 Å². The van der Waals surface area contributed by atoms with Crippen LogP contribution in [0.25, 0.3) is 44.8 Å². The monoisotopic (exact) mass is 639 g/mol. The minimum Gasteiger partial charge on any atom is -0.494 e. The molecule has 1 aliphatic heterocycles. The first-order valence-corrected chi connectivity index (χ1v) is 17.7. The molecular formula is C34H37N7O4S. The van der Waals surface area contributed by atoms with Crippen LogP contribution in [0.15, 0.2) is 54.6 Å². The van der Waals surface area contributed by atoms with Gasteiger partial charge in [0, 0.05) is 48.7 Å². The van der Waals surface area contributed by atoms with Crippen LogP contribution >= 0.6 is 0 Å². The molecule has 2 aliphatic carbocycles. The van der Waals surface area contributed by atoms with Gasteiger partial charge in [-0.15, -0.1) is 0 Å². The highest BCUT2D eigenvalue weighted by atomic mass is 32.2. The lowest BCUT2D eigenvalue weighted by atomic mass is 10.1. The van der Waals surface area contributed by atoms with Crippen LogP contribution in [0, 0.1) is 11.8 Å². The van der Waals surface area contributed by atoms with Gasteiger partial charge < -0.3 is 24.5 Å². The van der Waals surface area contributed by atoms with Gasteiger partial charge in [-0.2, -0.15) is 0 Å². The molecule has 2 bridgehead atoms. The van der Waals surface area contributed by atoms with Gasteiger partial charge in [0.25, 0.3) is 5.91 Å². The van der Waals surface area contributed by atoms with Crippen LogP contribution < -0.4 is 15.2 Å². The number of hydrogen-bond donors (Lipinski definition) is 2. The predicted molar refractivity (Wildman–Crippen MR) is 178 cm³/mol. The zero-order valence-corrected chi connectivity index (χ0v) is 26.9. The molecule has 4 heterocycles. The summed E-state index contributed by atoms with van der Waals surface area (Å²) < 4.78 is 36.9. The fourth-order valence-corrected chi connectivity index (χ4v) is 8.05. The number of rotatable bonds is 8. The molecule has 238 valence electrons. The SMILES string of the molecule is COc1cc(C(=O)N2CC3CCC2[C@@H]3N)cc2nc(-c3cc4ccc(-c5ccccc5NS(C)(=O)=O)nc4n3CC3CC3)n(C)c12. The Labute approximate surface area is 267 Å². The molecule has 3 N–H and O–H groups in total. The minimum absolute atomic E-state index is 0.0275. The molecule has 3 aliphatic rings. The number of methoxy groups -OCH3 is 1. The fraction of sp³-hybridized carbons (Fsp3) is 0.382. The van der Waals surface area contributed by atoms with Crippen LogP contribution in [0.3, 0.4) is 0 Å². The smallest absolute Gasteiger partial charge is 0.254 e.